The first-order valence-electron chi connectivity index (χ1n) is 32.9. The molecule has 0 bridgehead atoms. The number of hydrogen-bond donors (Lipinski definition) is 0. The number of nitrogens with zero attached hydrogens (tertiary/aromatic N) is 1. The van der Waals surface area contributed by atoms with Crippen LogP contribution in [0, 0.1) is 0 Å². The maximum Gasteiger partial charge on any atom is 0.306 e. The fourth-order valence-corrected chi connectivity index (χ4v) is 9.08. The van der Waals surface area contributed by atoms with Crippen LogP contribution in [0.25, 0.3) is 0 Å². The van der Waals surface area contributed by atoms with Crippen molar-refractivity contribution in [2.75, 3.05) is 47.5 Å². The average molecular weight is 1120 g/mol. The summed E-state index contributed by atoms with van der Waals surface area (Å²) in [6.07, 6.45) is 80.4. The normalized spacial score (nSPS) is 13.4. The van der Waals surface area contributed by atoms with Crippen LogP contribution in [-0.2, 0) is 33.3 Å². The molecule has 80 heavy (non-hydrogen) atoms. The van der Waals surface area contributed by atoms with E-state index in [0.717, 1.165) is 109 Å². The Morgan fingerprint density at radius 3 is 1.06 bits per heavy atom. The molecule has 9 nitrogen and oxygen atoms in total. The summed E-state index contributed by atoms with van der Waals surface area (Å²) in [5, 5.41) is 11.8. The number of rotatable bonds is 60. The zero-order chi connectivity index (χ0) is 58.3. The van der Waals surface area contributed by atoms with Crippen molar-refractivity contribution < 1.29 is 42.9 Å². The molecule has 9 heteroatoms. The molecule has 0 aliphatic heterocycles. The third kappa shape index (κ3) is 61.8. The monoisotopic (exact) mass is 1120 g/mol. The van der Waals surface area contributed by atoms with E-state index in [1.165, 1.54) is 135 Å². The number of carbonyl (C=O) groups is 3. The highest BCUT2D eigenvalue weighted by atomic mass is 16.7. The van der Waals surface area contributed by atoms with Crippen LogP contribution in [0.2, 0.25) is 0 Å². The lowest BCUT2D eigenvalue weighted by molar-refractivity contribution is -0.870. The molecule has 0 heterocycles. The van der Waals surface area contributed by atoms with Crippen molar-refractivity contribution in [2.45, 2.75) is 289 Å². The number of allylic oxidation sites excluding steroid dienone is 16. The van der Waals surface area contributed by atoms with Gasteiger partial charge in [-0.25, -0.2) is 0 Å². The quantitative estimate of drug-likeness (QED) is 0.0195. The number of esters is 2. The van der Waals surface area contributed by atoms with Crippen molar-refractivity contribution >= 4 is 17.9 Å². The summed E-state index contributed by atoms with van der Waals surface area (Å²) < 4.78 is 22.8. The average Bonchev–Trinajstić information content (AvgIpc) is 3.43. The molecule has 0 aromatic rings. The zero-order valence-corrected chi connectivity index (χ0v) is 52.4. The van der Waals surface area contributed by atoms with E-state index in [4.69, 9.17) is 18.9 Å². The fourth-order valence-electron chi connectivity index (χ4n) is 9.08. The van der Waals surface area contributed by atoms with Gasteiger partial charge in [-0.05, 0) is 77.0 Å². The van der Waals surface area contributed by atoms with Gasteiger partial charge in [0.15, 0.2) is 12.4 Å². The Balaban J connectivity index is 4.23. The number of quaternary nitrogens is 1. The van der Waals surface area contributed by atoms with Gasteiger partial charge < -0.3 is 33.3 Å². The standard InChI is InChI=1S/C71H123NO8/c1-6-8-10-12-14-16-18-20-22-24-26-28-30-32-33-34-35-36-37-38-40-42-44-46-48-50-52-54-56-58-60-62-69(74)80-67(66-79-71(70(75)76)77-64-63-72(3,4)5)65-78-68(73)61-59-57-55-53-51-49-47-45-43-41-39-31-29-27-25-23-21-19-17-15-13-11-9-7-2/h8,10,14,16,20,22,26,28,32-33,35-36,38,40,44,46,67,71H,6-7,9,11-13,15,17-19,21,23-25,27,29-31,34,37,39,41-43,45,47-66H2,1-5H3/b10-8-,16-14-,22-20-,28-26-,33-32-,36-35-,40-38-,46-44-. The van der Waals surface area contributed by atoms with Gasteiger partial charge in [0, 0.05) is 12.8 Å². The molecule has 0 aromatic heterocycles. The second-order valence-electron chi connectivity index (χ2n) is 23.0. The lowest BCUT2D eigenvalue weighted by Gasteiger charge is -2.26. The minimum atomic E-state index is -1.63. The summed E-state index contributed by atoms with van der Waals surface area (Å²) in [4.78, 5) is 37.4. The second kappa shape index (κ2) is 61.3. The number of unbranched alkanes of at least 4 members (excludes halogenated alkanes) is 29. The first-order chi connectivity index (χ1) is 39.1. The first kappa shape index (κ1) is 76.2. The minimum Gasteiger partial charge on any atom is -0.545 e. The van der Waals surface area contributed by atoms with Crippen molar-refractivity contribution in [3.05, 3.63) is 97.2 Å². The number of hydrogen-bond acceptors (Lipinski definition) is 8. The molecule has 2 unspecified atom stereocenters. The SMILES string of the molecule is CC/C=C\C/C=C\C/C=C\C/C=C\C/C=C\C/C=C\C/C=C\C/C=C\CCCCCCCCC(=O)OC(COC(=O)CCCCCCCCCCCCCCCCCCCCCCCCCC)COC(OCC[N+](C)(C)C)C(=O)[O-]. The number of carboxylic acid groups (broad SMARTS) is 1. The van der Waals surface area contributed by atoms with Gasteiger partial charge in [0.05, 0.1) is 40.3 Å². The summed E-state index contributed by atoms with van der Waals surface area (Å²) >= 11 is 0. The summed E-state index contributed by atoms with van der Waals surface area (Å²) in [6.45, 7) is 4.64. The summed E-state index contributed by atoms with van der Waals surface area (Å²) in [5.41, 5.74) is 0. The van der Waals surface area contributed by atoms with Crippen molar-refractivity contribution in [2.24, 2.45) is 0 Å². The van der Waals surface area contributed by atoms with E-state index in [0.29, 0.717) is 17.4 Å². The number of aliphatic carboxylic acids is 1. The molecule has 0 rings (SSSR count). The van der Waals surface area contributed by atoms with Crippen LogP contribution in [-0.4, -0.2) is 82.3 Å². The fraction of sp³-hybridized carbons (Fsp3) is 0.732. The molecule has 0 radical (unpaired) electrons. The van der Waals surface area contributed by atoms with Crippen molar-refractivity contribution in [1.82, 2.24) is 0 Å². The zero-order valence-electron chi connectivity index (χ0n) is 52.4. The highest BCUT2D eigenvalue weighted by Crippen LogP contribution is 2.17. The Kier molecular flexibility index (Phi) is 58.4. The summed E-state index contributed by atoms with van der Waals surface area (Å²) in [7, 11) is 5.92. The van der Waals surface area contributed by atoms with Gasteiger partial charge in [0.25, 0.3) is 0 Å². The summed E-state index contributed by atoms with van der Waals surface area (Å²) in [6, 6.07) is 0. The van der Waals surface area contributed by atoms with Crippen LogP contribution in [0.15, 0.2) is 97.2 Å². The maximum absolute atomic E-state index is 12.9. The van der Waals surface area contributed by atoms with Gasteiger partial charge >= 0.3 is 11.9 Å². The van der Waals surface area contributed by atoms with Crippen LogP contribution in [0.3, 0.4) is 0 Å². The Morgan fingerprint density at radius 1 is 0.388 bits per heavy atom. The topological polar surface area (TPSA) is 111 Å². The molecule has 0 saturated heterocycles. The van der Waals surface area contributed by atoms with Gasteiger partial charge in [-0.1, -0.05) is 284 Å². The third-order valence-corrected chi connectivity index (χ3v) is 14.1. The lowest BCUT2D eigenvalue weighted by atomic mass is 10.0. The van der Waals surface area contributed by atoms with Gasteiger partial charge in [-0.3, -0.25) is 9.59 Å². The van der Waals surface area contributed by atoms with Crippen molar-refractivity contribution in [3.63, 3.8) is 0 Å². The van der Waals surface area contributed by atoms with Crippen LogP contribution < -0.4 is 5.11 Å². The molecule has 0 aliphatic carbocycles. The molecule has 0 aromatic carbocycles. The van der Waals surface area contributed by atoms with Gasteiger partial charge in [-0.2, -0.15) is 0 Å². The van der Waals surface area contributed by atoms with Crippen molar-refractivity contribution in [3.8, 4) is 0 Å². The lowest BCUT2D eigenvalue weighted by Crippen LogP contribution is -2.44. The molecule has 0 aliphatic rings. The van der Waals surface area contributed by atoms with E-state index < -0.39 is 24.3 Å². The minimum absolute atomic E-state index is 0.141. The molecule has 460 valence electrons. The number of carboxylic acids is 1. The molecular weight excluding hydrogens is 995 g/mol. The molecular formula is C71H123NO8. The molecule has 0 saturated carbocycles. The molecule has 2 atom stereocenters. The Labute approximate surface area is 492 Å². The highest BCUT2D eigenvalue weighted by Gasteiger charge is 2.22. The maximum atomic E-state index is 12.9. The second-order valence-corrected chi connectivity index (χ2v) is 23.0. The smallest absolute Gasteiger partial charge is 0.306 e. The molecule has 0 spiro atoms. The Hall–Kier alpha value is -3.79. The van der Waals surface area contributed by atoms with Crippen LogP contribution in [0.1, 0.15) is 277 Å². The van der Waals surface area contributed by atoms with E-state index in [1.807, 2.05) is 21.1 Å². The van der Waals surface area contributed by atoms with Crippen LogP contribution in [0.4, 0.5) is 0 Å². The Bertz CT molecular complexity index is 1630. The molecule has 0 N–H and O–H groups in total. The van der Waals surface area contributed by atoms with E-state index in [-0.39, 0.29) is 38.6 Å². The predicted molar refractivity (Wildman–Crippen MR) is 338 cm³/mol. The van der Waals surface area contributed by atoms with Crippen molar-refractivity contribution in [1.29, 1.82) is 0 Å². The Morgan fingerprint density at radius 2 is 0.713 bits per heavy atom. The molecule has 0 amide bonds. The van der Waals surface area contributed by atoms with E-state index in [2.05, 4.69) is 111 Å². The number of carbonyl (C=O) groups excluding carboxylic acids is 3. The van der Waals surface area contributed by atoms with Crippen LogP contribution >= 0.6 is 0 Å². The predicted octanol–water partition coefficient (Wildman–Crippen LogP) is 18.7. The van der Waals surface area contributed by atoms with Gasteiger partial charge in [0.2, 0.25) is 0 Å². The molecule has 0 fully saturated rings. The van der Waals surface area contributed by atoms with E-state index in [1.54, 1.807) is 0 Å². The largest absolute Gasteiger partial charge is 0.545 e. The van der Waals surface area contributed by atoms with E-state index >= 15 is 0 Å². The third-order valence-electron chi connectivity index (χ3n) is 14.1. The van der Waals surface area contributed by atoms with Crippen LogP contribution in [0.5, 0.6) is 0 Å². The van der Waals surface area contributed by atoms with Gasteiger partial charge in [-0.15, -0.1) is 0 Å². The first-order valence-corrected chi connectivity index (χ1v) is 32.9. The number of likely N-dealkylation sites (N-methyl/N-ethyl adjacent to an activating group) is 1. The highest BCUT2D eigenvalue weighted by molar-refractivity contribution is 5.70. The van der Waals surface area contributed by atoms with Gasteiger partial charge in [0.1, 0.15) is 13.2 Å². The summed E-state index contributed by atoms with van der Waals surface area (Å²) in [5.74, 6) is -2.30. The van der Waals surface area contributed by atoms with E-state index in [9.17, 15) is 19.5 Å². The number of ether oxygens (including phenoxy) is 4.